The van der Waals surface area contributed by atoms with Crippen molar-refractivity contribution >= 4 is 45.9 Å². The first-order valence-corrected chi connectivity index (χ1v) is 11.5. The standard InChI is InChI=1S/C21H21N3O6S2/c1-4-28-19(26)16-12(3)17(20(27)29-5-2)32-18(16)24-15(25)11-31-21-22-9-8-13(23-21)14-7-6-10-30-14/h6-10H,4-5,11H2,1-3H3,(H,24,25). The summed E-state index contributed by atoms with van der Waals surface area (Å²) >= 11 is 2.11. The largest absolute Gasteiger partial charge is 0.463 e. The van der Waals surface area contributed by atoms with E-state index >= 15 is 0 Å². The van der Waals surface area contributed by atoms with Gasteiger partial charge in [-0.05, 0) is 44.5 Å². The average Bonchev–Trinajstić information content (AvgIpc) is 3.41. The number of nitrogens with one attached hydrogen (secondary N) is 1. The van der Waals surface area contributed by atoms with Crippen molar-refractivity contribution in [2.45, 2.75) is 25.9 Å². The molecule has 3 aromatic rings. The first kappa shape index (κ1) is 23.5. The minimum atomic E-state index is -0.616. The van der Waals surface area contributed by atoms with Crippen LogP contribution in [0.5, 0.6) is 0 Å². The van der Waals surface area contributed by atoms with Gasteiger partial charge in [-0.2, -0.15) is 0 Å². The lowest BCUT2D eigenvalue weighted by atomic mass is 10.1. The van der Waals surface area contributed by atoms with Gasteiger partial charge >= 0.3 is 11.9 Å². The minimum absolute atomic E-state index is 0.00440. The van der Waals surface area contributed by atoms with Crippen LogP contribution in [0.1, 0.15) is 39.4 Å². The van der Waals surface area contributed by atoms with E-state index in [1.165, 1.54) is 0 Å². The minimum Gasteiger partial charge on any atom is -0.463 e. The van der Waals surface area contributed by atoms with Crippen LogP contribution in [-0.4, -0.2) is 46.8 Å². The van der Waals surface area contributed by atoms with Gasteiger partial charge in [-0.3, -0.25) is 4.79 Å². The Hall–Kier alpha value is -3.18. The topological polar surface area (TPSA) is 121 Å². The van der Waals surface area contributed by atoms with Crippen LogP contribution in [0.2, 0.25) is 0 Å². The Morgan fingerprint density at radius 3 is 2.59 bits per heavy atom. The van der Waals surface area contributed by atoms with Gasteiger partial charge in [-0.25, -0.2) is 19.6 Å². The van der Waals surface area contributed by atoms with Crippen molar-refractivity contribution in [2.75, 3.05) is 24.3 Å². The second-order valence-corrected chi connectivity index (χ2v) is 8.20. The lowest BCUT2D eigenvalue weighted by Gasteiger charge is -2.07. The monoisotopic (exact) mass is 475 g/mol. The van der Waals surface area contributed by atoms with Crippen LogP contribution < -0.4 is 5.32 Å². The van der Waals surface area contributed by atoms with E-state index in [0.29, 0.717) is 22.2 Å². The molecule has 0 spiro atoms. The summed E-state index contributed by atoms with van der Waals surface area (Å²) < 4.78 is 15.5. The molecule has 0 aliphatic rings. The zero-order valence-corrected chi connectivity index (χ0v) is 19.3. The van der Waals surface area contributed by atoms with Crippen LogP contribution in [0, 0.1) is 6.92 Å². The highest BCUT2D eigenvalue weighted by molar-refractivity contribution is 7.99. The molecule has 0 aliphatic heterocycles. The van der Waals surface area contributed by atoms with Crippen LogP contribution in [0.25, 0.3) is 11.5 Å². The summed E-state index contributed by atoms with van der Waals surface area (Å²) in [6.45, 7) is 5.34. The summed E-state index contributed by atoms with van der Waals surface area (Å²) in [4.78, 5) is 46.0. The van der Waals surface area contributed by atoms with Gasteiger partial charge < -0.3 is 19.2 Å². The summed E-state index contributed by atoms with van der Waals surface area (Å²) in [6.07, 6.45) is 3.13. The highest BCUT2D eigenvalue weighted by Crippen LogP contribution is 2.34. The fourth-order valence-corrected chi connectivity index (χ4v) is 4.44. The Morgan fingerprint density at radius 2 is 1.91 bits per heavy atom. The molecular formula is C21H21N3O6S2. The molecule has 32 heavy (non-hydrogen) atoms. The Morgan fingerprint density at radius 1 is 1.16 bits per heavy atom. The number of carbonyl (C=O) groups excluding carboxylic acids is 3. The number of carbonyl (C=O) groups is 3. The molecule has 11 heteroatoms. The first-order valence-electron chi connectivity index (χ1n) is 9.71. The molecule has 1 N–H and O–H groups in total. The average molecular weight is 476 g/mol. The van der Waals surface area contributed by atoms with Crippen LogP contribution in [-0.2, 0) is 14.3 Å². The second-order valence-electron chi connectivity index (χ2n) is 6.24. The quantitative estimate of drug-likeness (QED) is 0.276. The summed E-state index contributed by atoms with van der Waals surface area (Å²) in [5, 5.41) is 3.33. The van der Waals surface area contributed by atoms with E-state index in [1.807, 2.05) is 0 Å². The maximum atomic E-state index is 12.6. The lowest BCUT2D eigenvalue weighted by Crippen LogP contribution is -2.16. The molecular weight excluding hydrogens is 454 g/mol. The Balaban J connectivity index is 1.74. The van der Waals surface area contributed by atoms with E-state index in [0.717, 1.165) is 23.1 Å². The number of amides is 1. The summed E-state index contributed by atoms with van der Waals surface area (Å²) in [5.41, 5.74) is 1.16. The third-order valence-electron chi connectivity index (χ3n) is 4.08. The molecule has 168 valence electrons. The SMILES string of the molecule is CCOC(=O)c1sc(NC(=O)CSc2nccc(-c3ccco3)n2)c(C(=O)OCC)c1C. The predicted molar refractivity (Wildman–Crippen MR) is 120 cm³/mol. The van der Waals surface area contributed by atoms with E-state index in [-0.39, 0.29) is 40.3 Å². The van der Waals surface area contributed by atoms with Gasteiger partial charge in [-0.15, -0.1) is 11.3 Å². The molecule has 0 saturated heterocycles. The van der Waals surface area contributed by atoms with Gasteiger partial charge in [0.05, 0.1) is 30.8 Å². The van der Waals surface area contributed by atoms with E-state index in [1.54, 1.807) is 51.4 Å². The van der Waals surface area contributed by atoms with E-state index in [9.17, 15) is 14.4 Å². The molecule has 0 saturated carbocycles. The molecule has 0 aromatic carbocycles. The molecule has 0 fully saturated rings. The van der Waals surface area contributed by atoms with Gasteiger partial charge in [0.1, 0.15) is 15.6 Å². The molecule has 1 amide bonds. The number of anilines is 1. The number of ether oxygens (including phenoxy) is 2. The molecule has 3 aromatic heterocycles. The van der Waals surface area contributed by atoms with Crippen molar-refractivity contribution < 1.29 is 28.3 Å². The number of esters is 2. The van der Waals surface area contributed by atoms with Crippen LogP contribution in [0.3, 0.4) is 0 Å². The van der Waals surface area contributed by atoms with Crippen molar-refractivity contribution in [1.82, 2.24) is 9.97 Å². The molecule has 9 nitrogen and oxygen atoms in total. The zero-order chi connectivity index (χ0) is 23.1. The van der Waals surface area contributed by atoms with Crippen molar-refractivity contribution in [3.8, 4) is 11.5 Å². The van der Waals surface area contributed by atoms with Gasteiger partial charge in [0, 0.05) is 6.20 Å². The van der Waals surface area contributed by atoms with Gasteiger partial charge in [0.15, 0.2) is 10.9 Å². The van der Waals surface area contributed by atoms with Crippen molar-refractivity contribution in [1.29, 1.82) is 0 Å². The van der Waals surface area contributed by atoms with Crippen molar-refractivity contribution in [3.63, 3.8) is 0 Å². The fraction of sp³-hybridized carbons (Fsp3) is 0.286. The van der Waals surface area contributed by atoms with Crippen molar-refractivity contribution in [2.24, 2.45) is 0 Å². The Bertz CT molecular complexity index is 1110. The summed E-state index contributed by atoms with van der Waals surface area (Å²) in [6, 6.07) is 5.24. The van der Waals surface area contributed by atoms with Gasteiger partial charge in [0.25, 0.3) is 0 Å². The molecule has 0 aliphatic carbocycles. The molecule has 0 unspecified atom stereocenters. The van der Waals surface area contributed by atoms with Gasteiger partial charge in [-0.1, -0.05) is 11.8 Å². The lowest BCUT2D eigenvalue weighted by molar-refractivity contribution is -0.113. The Kier molecular flexibility index (Phi) is 8.01. The number of hydrogen-bond acceptors (Lipinski definition) is 10. The highest BCUT2D eigenvalue weighted by Gasteiger charge is 2.27. The smallest absolute Gasteiger partial charge is 0.348 e. The van der Waals surface area contributed by atoms with Crippen LogP contribution in [0.4, 0.5) is 5.00 Å². The number of hydrogen-bond donors (Lipinski definition) is 1. The van der Waals surface area contributed by atoms with Crippen LogP contribution in [0.15, 0.2) is 40.2 Å². The predicted octanol–water partition coefficient (Wildman–Crippen LogP) is 4.19. The summed E-state index contributed by atoms with van der Waals surface area (Å²) in [7, 11) is 0. The molecule has 3 heterocycles. The number of thioether (sulfide) groups is 1. The maximum absolute atomic E-state index is 12.6. The second kappa shape index (κ2) is 10.9. The number of rotatable bonds is 9. The number of furan rings is 1. The number of nitrogens with zero attached hydrogens (tertiary/aromatic N) is 2. The molecule has 0 bridgehead atoms. The number of thiophene rings is 1. The molecule has 0 atom stereocenters. The third-order valence-corrected chi connectivity index (χ3v) is 6.13. The van der Waals surface area contributed by atoms with Crippen LogP contribution >= 0.6 is 23.1 Å². The van der Waals surface area contributed by atoms with Crippen molar-refractivity contribution in [3.05, 3.63) is 46.7 Å². The highest BCUT2D eigenvalue weighted by atomic mass is 32.2. The third kappa shape index (κ3) is 5.54. The van der Waals surface area contributed by atoms with E-state index in [4.69, 9.17) is 13.9 Å². The molecule has 0 radical (unpaired) electrons. The van der Waals surface area contributed by atoms with Gasteiger partial charge in [0.2, 0.25) is 5.91 Å². The van der Waals surface area contributed by atoms with E-state index < -0.39 is 11.9 Å². The zero-order valence-electron chi connectivity index (χ0n) is 17.7. The maximum Gasteiger partial charge on any atom is 0.348 e. The fourth-order valence-electron chi connectivity index (χ4n) is 2.71. The Labute approximate surface area is 192 Å². The first-order chi connectivity index (χ1) is 15.4. The summed E-state index contributed by atoms with van der Waals surface area (Å²) in [5.74, 6) is -0.967. The number of aromatic nitrogens is 2. The van der Waals surface area contributed by atoms with E-state index in [2.05, 4.69) is 15.3 Å². The normalized spacial score (nSPS) is 10.6. The molecule has 3 rings (SSSR count).